The van der Waals surface area contributed by atoms with E-state index in [1.165, 1.54) is 21.9 Å². The quantitative estimate of drug-likeness (QED) is 0.762. The summed E-state index contributed by atoms with van der Waals surface area (Å²) < 4.78 is 0. The monoisotopic (exact) mass is 334 g/mol. The average Bonchev–Trinajstić information content (AvgIpc) is 3.05. The lowest BCUT2D eigenvalue weighted by molar-refractivity contribution is 0.226. The van der Waals surface area contributed by atoms with Gasteiger partial charge in [0.15, 0.2) is 0 Å². The van der Waals surface area contributed by atoms with Gasteiger partial charge in [-0.15, -0.1) is 11.3 Å². The number of aryl methyl sites for hydroxylation is 1. The first-order chi connectivity index (χ1) is 10.9. The molecule has 0 radical (unpaired) electrons. The number of nitrogens with one attached hydrogen (secondary N) is 1. The maximum Gasteiger partial charge on any atom is 0.103 e. The predicted molar refractivity (Wildman–Crippen MR) is 98.9 cm³/mol. The van der Waals surface area contributed by atoms with Gasteiger partial charge in [-0.05, 0) is 45.5 Å². The van der Waals surface area contributed by atoms with Crippen molar-refractivity contribution in [1.29, 1.82) is 0 Å². The van der Waals surface area contributed by atoms with E-state index in [0.29, 0.717) is 0 Å². The van der Waals surface area contributed by atoms with E-state index < -0.39 is 0 Å². The van der Waals surface area contributed by atoms with E-state index in [0.717, 1.165) is 37.9 Å². The molecule has 0 unspecified atom stereocenters. The molecule has 0 atom stereocenters. The van der Waals surface area contributed by atoms with Crippen molar-refractivity contribution in [3.8, 4) is 0 Å². The van der Waals surface area contributed by atoms with Crippen LogP contribution >= 0.6 is 11.3 Å². The summed E-state index contributed by atoms with van der Waals surface area (Å²) in [5, 5.41) is 0. The van der Waals surface area contributed by atoms with E-state index in [4.69, 9.17) is 0 Å². The number of aromatic amines is 1. The Morgan fingerprint density at radius 3 is 2.48 bits per heavy atom. The highest BCUT2D eigenvalue weighted by atomic mass is 32.1. The van der Waals surface area contributed by atoms with Gasteiger partial charge in [0, 0.05) is 47.8 Å². The third kappa shape index (κ3) is 6.45. The van der Waals surface area contributed by atoms with E-state index in [2.05, 4.69) is 59.8 Å². The van der Waals surface area contributed by atoms with Crippen LogP contribution in [-0.2, 0) is 19.5 Å². The second-order valence-corrected chi connectivity index (χ2v) is 8.23. The van der Waals surface area contributed by atoms with Gasteiger partial charge in [-0.3, -0.25) is 4.90 Å². The summed E-state index contributed by atoms with van der Waals surface area (Å²) in [6, 6.07) is 4.59. The molecule has 0 aliphatic carbocycles. The Labute approximate surface area is 144 Å². The second-order valence-electron chi connectivity index (χ2n) is 6.97. The van der Waals surface area contributed by atoms with Gasteiger partial charge in [0.2, 0.25) is 0 Å². The molecule has 1 N–H and O–H groups in total. The van der Waals surface area contributed by atoms with Crippen molar-refractivity contribution in [1.82, 2.24) is 19.8 Å². The van der Waals surface area contributed by atoms with Gasteiger partial charge in [-0.25, -0.2) is 4.98 Å². The van der Waals surface area contributed by atoms with Crippen LogP contribution in [0, 0.1) is 12.8 Å². The number of imidazole rings is 1. The molecule has 4 nitrogen and oxygen atoms in total. The van der Waals surface area contributed by atoms with Crippen LogP contribution in [0.3, 0.4) is 0 Å². The van der Waals surface area contributed by atoms with Crippen LogP contribution in [-0.4, -0.2) is 47.0 Å². The smallest absolute Gasteiger partial charge is 0.103 e. The molecular formula is C18H30N4S. The van der Waals surface area contributed by atoms with Crippen LogP contribution in [0.15, 0.2) is 18.3 Å². The third-order valence-electron chi connectivity index (χ3n) is 3.72. The average molecular weight is 335 g/mol. The van der Waals surface area contributed by atoms with Crippen LogP contribution in [0.5, 0.6) is 0 Å². The molecule has 128 valence electrons. The molecule has 0 saturated heterocycles. The summed E-state index contributed by atoms with van der Waals surface area (Å²) in [6.45, 7) is 10.6. The number of hydrogen-bond donors (Lipinski definition) is 1. The number of nitrogens with zero attached hydrogens (tertiary/aromatic N) is 3. The SMILES string of the molecule is Cc1ncc(CN(CCN(C)C)Cc2ccc(CC(C)C)s2)[nH]1. The van der Waals surface area contributed by atoms with E-state index >= 15 is 0 Å². The summed E-state index contributed by atoms with van der Waals surface area (Å²) in [5.41, 5.74) is 1.19. The number of aromatic nitrogens is 2. The molecule has 0 bridgehead atoms. The molecule has 0 fully saturated rings. The van der Waals surface area contributed by atoms with Crippen LogP contribution in [0.2, 0.25) is 0 Å². The minimum absolute atomic E-state index is 0.722. The first-order valence-electron chi connectivity index (χ1n) is 8.37. The van der Waals surface area contributed by atoms with Gasteiger partial charge in [0.05, 0.1) is 0 Å². The second kappa shape index (κ2) is 8.62. The molecule has 2 rings (SSSR count). The summed E-state index contributed by atoms with van der Waals surface area (Å²) in [6.07, 6.45) is 3.14. The molecular weight excluding hydrogens is 304 g/mol. The highest BCUT2D eigenvalue weighted by molar-refractivity contribution is 7.11. The van der Waals surface area contributed by atoms with Gasteiger partial charge in [0.1, 0.15) is 5.82 Å². The van der Waals surface area contributed by atoms with Crippen molar-refractivity contribution in [2.24, 2.45) is 5.92 Å². The zero-order valence-electron chi connectivity index (χ0n) is 15.1. The highest BCUT2D eigenvalue weighted by Crippen LogP contribution is 2.21. The Kier molecular flexibility index (Phi) is 6.81. The lowest BCUT2D eigenvalue weighted by Crippen LogP contribution is -2.31. The van der Waals surface area contributed by atoms with Crippen LogP contribution in [0.4, 0.5) is 0 Å². The molecule has 0 amide bonds. The highest BCUT2D eigenvalue weighted by Gasteiger charge is 2.11. The molecule has 0 aliphatic rings. The Balaban J connectivity index is 1.99. The van der Waals surface area contributed by atoms with Gasteiger partial charge in [-0.1, -0.05) is 13.8 Å². The Morgan fingerprint density at radius 2 is 1.87 bits per heavy atom. The maximum absolute atomic E-state index is 4.32. The van der Waals surface area contributed by atoms with Crippen LogP contribution < -0.4 is 0 Å². The fourth-order valence-electron chi connectivity index (χ4n) is 2.59. The fourth-order valence-corrected chi connectivity index (χ4v) is 3.86. The number of H-pyrrole nitrogens is 1. The first-order valence-corrected chi connectivity index (χ1v) is 9.19. The number of thiophene rings is 1. The summed E-state index contributed by atoms with van der Waals surface area (Å²) in [5.74, 6) is 1.71. The molecule has 2 aromatic heterocycles. The van der Waals surface area contributed by atoms with E-state index in [-0.39, 0.29) is 0 Å². The molecule has 0 aromatic carbocycles. The molecule has 0 aliphatic heterocycles. The number of rotatable bonds is 9. The molecule has 2 heterocycles. The van der Waals surface area contributed by atoms with Crippen molar-refractivity contribution in [2.75, 3.05) is 27.2 Å². The molecule has 0 spiro atoms. The Hall–Kier alpha value is -1.17. The Bertz CT molecular complexity index is 585. The molecule has 23 heavy (non-hydrogen) atoms. The molecule has 2 aromatic rings. The van der Waals surface area contributed by atoms with Crippen molar-refractivity contribution in [3.63, 3.8) is 0 Å². The summed E-state index contributed by atoms with van der Waals surface area (Å²) >= 11 is 1.96. The van der Waals surface area contributed by atoms with Crippen molar-refractivity contribution in [3.05, 3.63) is 39.6 Å². The predicted octanol–water partition coefficient (Wildman–Crippen LogP) is 3.54. The minimum atomic E-state index is 0.722. The molecule has 5 heteroatoms. The minimum Gasteiger partial charge on any atom is -0.345 e. The van der Waals surface area contributed by atoms with Gasteiger partial charge in [-0.2, -0.15) is 0 Å². The largest absolute Gasteiger partial charge is 0.345 e. The maximum atomic E-state index is 4.32. The first kappa shape index (κ1) is 18.2. The topological polar surface area (TPSA) is 35.2 Å². The van der Waals surface area contributed by atoms with Crippen LogP contribution in [0.25, 0.3) is 0 Å². The van der Waals surface area contributed by atoms with Crippen molar-refractivity contribution < 1.29 is 0 Å². The van der Waals surface area contributed by atoms with E-state index in [1.54, 1.807) is 0 Å². The van der Waals surface area contributed by atoms with Crippen LogP contribution in [0.1, 0.15) is 35.1 Å². The fraction of sp³-hybridized carbons (Fsp3) is 0.611. The van der Waals surface area contributed by atoms with Gasteiger partial charge < -0.3 is 9.88 Å². The van der Waals surface area contributed by atoms with E-state index in [1.807, 2.05) is 24.5 Å². The van der Waals surface area contributed by atoms with Crippen molar-refractivity contribution >= 4 is 11.3 Å². The third-order valence-corrected chi connectivity index (χ3v) is 4.81. The number of hydrogen-bond acceptors (Lipinski definition) is 4. The van der Waals surface area contributed by atoms with Gasteiger partial charge >= 0.3 is 0 Å². The van der Waals surface area contributed by atoms with Crippen molar-refractivity contribution in [2.45, 2.75) is 40.3 Å². The Morgan fingerprint density at radius 1 is 1.13 bits per heavy atom. The summed E-state index contributed by atoms with van der Waals surface area (Å²) in [4.78, 5) is 15.4. The zero-order chi connectivity index (χ0) is 16.8. The van der Waals surface area contributed by atoms with Gasteiger partial charge in [0.25, 0.3) is 0 Å². The van der Waals surface area contributed by atoms with E-state index in [9.17, 15) is 0 Å². The lowest BCUT2D eigenvalue weighted by Gasteiger charge is -2.23. The molecule has 0 saturated carbocycles. The zero-order valence-corrected chi connectivity index (χ0v) is 15.9. The lowest BCUT2D eigenvalue weighted by atomic mass is 10.1. The normalized spacial score (nSPS) is 12.0. The standard InChI is InChI=1S/C18H30N4S/c1-14(2)10-17-6-7-18(23-17)13-22(9-8-21(4)5)12-16-11-19-15(3)20-16/h6-7,11,14H,8-10,12-13H2,1-5H3,(H,19,20). The number of likely N-dealkylation sites (N-methyl/N-ethyl adjacent to an activating group) is 1. The summed E-state index contributed by atoms with van der Waals surface area (Å²) in [7, 11) is 4.26.